The van der Waals surface area contributed by atoms with Gasteiger partial charge in [-0.3, -0.25) is 10.1 Å². The highest BCUT2D eigenvalue weighted by Gasteiger charge is 2.37. The van der Waals surface area contributed by atoms with Crippen molar-refractivity contribution >= 4 is 28.1 Å². The average molecular weight is 368 g/mol. The van der Waals surface area contributed by atoms with Gasteiger partial charge in [0.2, 0.25) is 10.0 Å². The van der Waals surface area contributed by atoms with Gasteiger partial charge in [0.25, 0.3) is 5.69 Å². The molecule has 7 nitrogen and oxygen atoms in total. The Morgan fingerprint density at radius 3 is 2.43 bits per heavy atom. The number of nitrogens with two attached hydrogens (primary N) is 1. The summed E-state index contributed by atoms with van der Waals surface area (Å²) in [7, 11) is -4.08. The maximum Gasteiger partial charge on any atom is 0.276 e. The Balaban J connectivity index is 0.00000264. The van der Waals surface area contributed by atoms with Crippen molar-refractivity contribution in [2.45, 2.75) is 43.0 Å². The molecule has 130 valence electrons. The summed E-state index contributed by atoms with van der Waals surface area (Å²) in [5.74, 6) is -0.928. The van der Waals surface area contributed by atoms with E-state index in [9.17, 15) is 22.9 Å². The number of hydrogen-bond acceptors (Lipinski definition) is 5. The number of sulfonamides is 1. The van der Waals surface area contributed by atoms with Crippen molar-refractivity contribution in [3.63, 3.8) is 0 Å². The molecule has 0 heterocycles. The number of nitrogens with zero attached hydrogens (tertiary/aromatic N) is 1. The topological polar surface area (TPSA) is 115 Å². The van der Waals surface area contributed by atoms with Crippen LogP contribution in [0.4, 0.5) is 10.1 Å². The minimum atomic E-state index is -4.08. The highest BCUT2D eigenvalue weighted by molar-refractivity contribution is 7.89. The molecule has 0 unspecified atom stereocenters. The van der Waals surface area contributed by atoms with Crippen molar-refractivity contribution in [2.75, 3.05) is 6.54 Å². The summed E-state index contributed by atoms with van der Waals surface area (Å²) in [6, 6.07) is 1.67. The standard InChI is InChI=1S/C13H18FN3O4S.ClH/c1-9-11(14)6-10(7-12(9)17(18)19)22(20,21)16-13(8-15)4-2-3-5-13;/h6-7,16H,2-5,8,15H2,1H3;1H. The van der Waals surface area contributed by atoms with Crippen LogP contribution in [-0.2, 0) is 10.0 Å². The second-order valence-corrected chi connectivity index (χ2v) is 7.29. The van der Waals surface area contributed by atoms with E-state index in [2.05, 4.69) is 4.72 Å². The molecule has 0 bridgehead atoms. The van der Waals surface area contributed by atoms with Crippen LogP contribution in [-0.4, -0.2) is 25.4 Å². The van der Waals surface area contributed by atoms with Gasteiger partial charge in [0, 0.05) is 18.2 Å². The Morgan fingerprint density at radius 1 is 1.39 bits per heavy atom. The summed E-state index contributed by atoms with van der Waals surface area (Å²) in [6.07, 6.45) is 2.89. The Bertz CT molecular complexity index is 705. The summed E-state index contributed by atoms with van der Waals surface area (Å²) in [5, 5.41) is 10.9. The van der Waals surface area contributed by atoms with Gasteiger partial charge < -0.3 is 5.73 Å². The maximum atomic E-state index is 13.8. The van der Waals surface area contributed by atoms with Gasteiger partial charge in [0.15, 0.2) is 0 Å². The molecule has 1 aromatic rings. The minimum Gasteiger partial charge on any atom is -0.329 e. The van der Waals surface area contributed by atoms with Crippen LogP contribution in [0.15, 0.2) is 17.0 Å². The summed E-state index contributed by atoms with van der Waals surface area (Å²) in [5.41, 5.74) is 4.16. The van der Waals surface area contributed by atoms with Crippen molar-refractivity contribution in [1.29, 1.82) is 0 Å². The van der Waals surface area contributed by atoms with Crippen molar-refractivity contribution in [3.05, 3.63) is 33.6 Å². The first-order valence-electron chi connectivity index (χ1n) is 6.89. The first-order chi connectivity index (χ1) is 10.2. The number of nitrogens with one attached hydrogen (secondary N) is 1. The second-order valence-electron chi connectivity index (χ2n) is 5.60. The zero-order chi connectivity index (χ0) is 16.5. The summed E-state index contributed by atoms with van der Waals surface area (Å²) in [4.78, 5) is 9.66. The van der Waals surface area contributed by atoms with E-state index in [1.165, 1.54) is 6.92 Å². The SMILES string of the molecule is Cc1c(F)cc(S(=O)(=O)NC2(CN)CCCC2)cc1[N+](=O)[O-].Cl. The van der Waals surface area contributed by atoms with Gasteiger partial charge >= 0.3 is 0 Å². The molecule has 2 rings (SSSR count). The minimum absolute atomic E-state index is 0. The van der Waals surface area contributed by atoms with Crippen molar-refractivity contribution in [1.82, 2.24) is 4.72 Å². The van der Waals surface area contributed by atoms with Crippen molar-refractivity contribution in [2.24, 2.45) is 5.73 Å². The fourth-order valence-corrected chi connectivity index (χ4v) is 4.23. The molecule has 1 aromatic carbocycles. The molecule has 10 heteroatoms. The van der Waals surface area contributed by atoms with E-state index >= 15 is 0 Å². The smallest absolute Gasteiger partial charge is 0.276 e. The average Bonchev–Trinajstić information content (AvgIpc) is 2.89. The summed E-state index contributed by atoms with van der Waals surface area (Å²) in [6.45, 7) is 1.36. The fourth-order valence-electron chi connectivity index (χ4n) is 2.73. The van der Waals surface area contributed by atoms with Gasteiger partial charge in [0.1, 0.15) is 5.82 Å². The highest BCUT2D eigenvalue weighted by Crippen LogP contribution is 2.31. The normalized spacial score (nSPS) is 16.8. The summed E-state index contributed by atoms with van der Waals surface area (Å²) < 4.78 is 41.2. The van der Waals surface area contributed by atoms with Gasteiger partial charge in [-0.05, 0) is 25.8 Å². The molecule has 1 fully saturated rings. The van der Waals surface area contributed by atoms with E-state index in [1.54, 1.807) is 0 Å². The number of nitro groups is 1. The third kappa shape index (κ3) is 3.97. The van der Waals surface area contributed by atoms with Crippen LogP contribution in [0.1, 0.15) is 31.2 Å². The molecule has 1 saturated carbocycles. The first kappa shape index (κ1) is 19.8. The number of benzene rings is 1. The lowest BCUT2D eigenvalue weighted by Crippen LogP contribution is -2.51. The van der Waals surface area contributed by atoms with E-state index in [0.29, 0.717) is 12.8 Å². The Morgan fingerprint density at radius 2 is 1.96 bits per heavy atom. The van der Waals surface area contributed by atoms with Gasteiger partial charge in [-0.2, -0.15) is 0 Å². The predicted octanol–water partition coefficient (Wildman–Crippen LogP) is 2.01. The fraction of sp³-hybridized carbons (Fsp3) is 0.538. The van der Waals surface area contributed by atoms with Crippen molar-refractivity contribution < 1.29 is 17.7 Å². The lowest BCUT2D eigenvalue weighted by atomic mass is 10.0. The lowest BCUT2D eigenvalue weighted by molar-refractivity contribution is -0.385. The van der Waals surface area contributed by atoms with Crippen molar-refractivity contribution in [3.8, 4) is 0 Å². The first-order valence-corrected chi connectivity index (χ1v) is 8.38. The molecule has 0 saturated heterocycles. The molecular weight excluding hydrogens is 349 g/mol. The number of halogens is 2. The van der Waals surface area contributed by atoms with Crippen LogP contribution in [0.2, 0.25) is 0 Å². The van der Waals surface area contributed by atoms with E-state index in [1.807, 2.05) is 0 Å². The van der Waals surface area contributed by atoms with Crippen LogP contribution in [0.5, 0.6) is 0 Å². The molecule has 0 aliphatic heterocycles. The molecule has 0 aromatic heterocycles. The molecule has 1 aliphatic rings. The largest absolute Gasteiger partial charge is 0.329 e. The number of hydrogen-bond donors (Lipinski definition) is 2. The summed E-state index contributed by atoms with van der Waals surface area (Å²) >= 11 is 0. The van der Waals surface area contributed by atoms with Crippen LogP contribution < -0.4 is 10.5 Å². The van der Waals surface area contributed by atoms with E-state index in [4.69, 9.17) is 5.73 Å². The lowest BCUT2D eigenvalue weighted by Gasteiger charge is -2.28. The van der Waals surface area contributed by atoms with E-state index in [-0.39, 0.29) is 24.5 Å². The molecular formula is C13H19ClFN3O4S. The van der Waals surface area contributed by atoms with Crippen LogP contribution >= 0.6 is 12.4 Å². The van der Waals surface area contributed by atoms with Gasteiger partial charge in [-0.25, -0.2) is 17.5 Å². The van der Waals surface area contributed by atoms with Gasteiger partial charge in [-0.15, -0.1) is 12.4 Å². The van der Waals surface area contributed by atoms with Crippen LogP contribution in [0.25, 0.3) is 0 Å². The maximum absolute atomic E-state index is 13.8. The van der Waals surface area contributed by atoms with Crippen LogP contribution in [0.3, 0.4) is 0 Å². The Labute approximate surface area is 140 Å². The second kappa shape index (κ2) is 7.08. The quantitative estimate of drug-likeness (QED) is 0.610. The zero-order valence-electron chi connectivity index (χ0n) is 12.5. The number of nitro benzene ring substituents is 1. The molecule has 3 N–H and O–H groups in total. The highest BCUT2D eigenvalue weighted by atomic mass is 35.5. The Hall–Kier alpha value is -1.29. The Kier molecular flexibility index (Phi) is 6.08. The predicted molar refractivity (Wildman–Crippen MR) is 85.6 cm³/mol. The molecule has 0 atom stereocenters. The molecule has 0 radical (unpaired) electrons. The number of rotatable bonds is 5. The van der Waals surface area contributed by atoms with Gasteiger partial charge in [0.05, 0.1) is 15.4 Å². The molecule has 1 aliphatic carbocycles. The third-order valence-corrected chi connectivity index (χ3v) is 5.66. The molecule has 0 spiro atoms. The monoisotopic (exact) mass is 367 g/mol. The van der Waals surface area contributed by atoms with E-state index < -0.39 is 36.9 Å². The third-order valence-electron chi connectivity index (χ3n) is 4.10. The van der Waals surface area contributed by atoms with Gasteiger partial charge in [-0.1, -0.05) is 12.8 Å². The molecule has 23 heavy (non-hydrogen) atoms. The molecule has 0 amide bonds. The van der Waals surface area contributed by atoms with Crippen LogP contribution in [0, 0.1) is 22.9 Å². The zero-order valence-corrected chi connectivity index (χ0v) is 14.2. The van der Waals surface area contributed by atoms with E-state index in [0.717, 1.165) is 25.0 Å².